The van der Waals surface area contributed by atoms with Crippen molar-refractivity contribution in [2.45, 2.75) is 40.7 Å². The van der Waals surface area contributed by atoms with Crippen molar-refractivity contribution in [3.8, 4) is 5.75 Å². The molecule has 0 saturated carbocycles. The van der Waals surface area contributed by atoms with Gasteiger partial charge in [-0.25, -0.2) is 4.99 Å². The maximum Gasteiger partial charge on any atom is 0.188 e. The Kier molecular flexibility index (Phi) is 10.2. The van der Waals surface area contributed by atoms with E-state index >= 15 is 0 Å². The summed E-state index contributed by atoms with van der Waals surface area (Å²) in [6.07, 6.45) is 1.09. The fourth-order valence-electron chi connectivity index (χ4n) is 1.80. The van der Waals surface area contributed by atoms with Gasteiger partial charge in [-0.2, -0.15) is 0 Å². The fraction of sp³-hybridized carbons (Fsp3) is 0.562. The van der Waals surface area contributed by atoms with Crippen LogP contribution in [0.3, 0.4) is 0 Å². The summed E-state index contributed by atoms with van der Waals surface area (Å²) in [4.78, 5) is 4.37. The van der Waals surface area contributed by atoms with Crippen LogP contribution in [0.4, 0.5) is 0 Å². The van der Waals surface area contributed by atoms with E-state index in [4.69, 9.17) is 10.5 Å². The van der Waals surface area contributed by atoms with E-state index in [1.807, 2.05) is 19.1 Å². The van der Waals surface area contributed by atoms with Crippen LogP contribution in [0.2, 0.25) is 0 Å². The van der Waals surface area contributed by atoms with Gasteiger partial charge in [0.1, 0.15) is 5.75 Å². The monoisotopic (exact) mass is 405 g/mol. The van der Waals surface area contributed by atoms with Crippen LogP contribution < -0.4 is 15.8 Å². The normalized spacial score (nSPS) is 11.2. The maximum absolute atomic E-state index is 5.86. The number of ether oxygens (including phenoxy) is 1. The third-order valence-corrected chi connectivity index (χ3v) is 2.97. The number of halogens is 1. The first-order valence-corrected chi connectivity index (χ1v) is 7.29. The molecule has 0 amide bonds. The minimum atomic E-state index is 0. The lowest BCUT2D eigenvalue weighted by Gasteiger charge is -2.11. The number of nitrogens with two attached hydrogens (primary N) is 1. The molecule has 0 bridgehead atoms. The van der Waals surface area contributed by atoms with Gasteiger partial charge in [0, 0.05) is 12.1 Å². The highest BCUT2D eigenvalue weighted by atomic mass is 127. The molecule has 0 spiro atoms. The van der Waals surface area contributed by atoms with Crippen LogP contribution >= 0.6 is 24.0 Å². The zero-order chi connectivity index (χ0) is 15.0. The second-order valence-corrected chi connectivity index (χ2v) is 5.35. The van der Waals surface area contributed by atoms with E-state index < -0.39 is 0 Å². The molecule has 0 aromatic heterocycles. The van der Waals surface area contributed by atoms with E-state index in [0.717, 1.165) is 24.3 Å². The maximum atomic E-state index is 5.86. The van der Waals surface area contributed by atoms with E-state index in [1.165, 1.54) is 5.56 Å². The Morgan fingerprint density at radius 1 is 1.38 bits per heavy atom. The van der Waals surface area contributed by atoms with Crippen molar-refractivity contribution in [2.75, 3.05) is 13.2 Å². The van der Waals surface area contributed by atoms with Gasteiger partial charge in [0.15, 0.2) is 5.96 Å². The van der Waals surface area contributed by atoms with E-state index in [-0.39, 0.29) is 24.0 Å². The highest BCUT2D eigenvalue weighted by Crippen LogP contribution is 2.21. The van der Waals surface area contributed by atoms with Crippen molar-refractivity contribution >= 4 is 29.9 Å². The molecule has 5 heteroatoms. The van der Waals surface area contributed by atoms with Gasteiger partial charge in [0.2, 0.25) is 0 Å². The lowest BCUT2D eigenvalue weighted by atomic mass is 10.1. The highest BCUT2D eigenvalue weighted by Gasteiger charge is 2.03. The molecule has 3 N–H and O–H groups in total. The Morgan fingerprint density at radius 3 is 2.71 bits per heavy atom. The summed E-state index contributed by atoms with van der Waals surface area (Å²) in [5.74, 6) is 2.05. The molecule has 1 rings (SSSR count). The van der Waals surface area contributed by atoms with Crippen LogP contribution in [0, 0.1) is 12.8 Å². The predicted octanol–water partition coefficient (Wildman–Crippen LogP) is 3.46. The number of nitrogens with zero attached hydrogens (tertiary/aromatic N) is 1. The van der Waals surface area contributed by atoms with E-state index in [0.29, 0.717) is 25.0 Å². The van der Waals surface area contributed by atoms with Gasteiger partial charge in [-0.15, -0.1) is 24.0 Å². The van der Waals surface area contributed by atoms with Crippen LogP contribution in [0.25, 0.3) is 0 Å². The average molecular weight is 405 g/mol. The number of benzene rings is 1. The number of aliphatic imine (C=N–C) groups is 1. The van der Waals surface area contributed by atoms with Crippen LogP contribution in [-0.4, -0.2) is 19.1 Å². The lowest BCUT2D eigenvalue weighted by molar-refractivity contribution is 0.336. The Balaban J connectivity index is 0.00000400. The third-order valence-electron chi connectivity index (χ3n) is 2.97. The molecule has 120 valence electrons. The van der Waals surface area contributed by atoms with Crippen molar-refractivity contribution in [1.29, 1.82) is 0 Å². The zero-order valence-electron chi connectivity index (χ0n) is 13.5. The molecule has 0 fully saturated rings. The van der Waals surface area contributed by atoms with Crippen LogP contribution in [0.5, 0.6) is 5.75 Å². The fourth-order valence-corrected chi connectivity index (χ4v) is 1.80. The van der Waals surface area contributed by atoms with Gasteiger partial charge in [-0.1, -0.05) is 26.0 Å². The van der Waals surface area contributed by atoms with Gasteiger partial charge >= 0.3 is 0 Å². The number of guanidine groups is 1. The van der Waals surface area contributed by atoms with Gasteiger partial charge in [-0.05, 0) is 37.8 Å². The molecule has 0 atom stereocenters. The molecule has 0 radical (unpaired) electrons. The van der Waals surface area contributed by atoms with Crippen molar-refractivity contribution in [3.05, 3.63) is 29.3 Å². The molecular weight excluding hydrogens is 377 g/mol. The van der Waals surface area contributed by atoms with Crippen molar-refractivity contribution < 1.29 is 4.74 Å². The Bertz CT molecular complexity index is 447. The van der Waals surface area contributed by atoms with Crippen molar-refractivity contribution in [3.63, 3.8) is 0 Å². The summed E-state index contributed by atoms with van der Waals surface area (Å²) in [6.45, 7) is 10.5. The second-order valence-electron chi connectivity index (χ2n) is 5.35. The summed E-state index contributed by atoms with van der Waals surface area (Å²) < 4.78 is 5.63. The molecule has 21 heavy (non-hydrogen) atoms. The largest absolute Gasteiger partial charge is 0.494 e. The molecule has 0 saturated heterocycles. The third kappa shape index (κ3) is 8.14. The van der Waals surface area contributed by atoms with Crippen LogP contribution in [0.15, 0.2) is 23.2 Å². The summed E-state index contributed by atoms with van der Waals surface area (Å²) in [5.41, 5.74) is 8.11. The SMILES string of the molecule is CCOc1cc(C)ccc1CN=C(N)NCCC(C)C.I. The van der Waals surface area contributed by atoms with Gasteiger partial charge < -0.3 is 15.8 Å². The second kappa shape index (κ2) is 10.7. The molecular formula is C16H28IN3O. The molecule has 1 aromatic carbocycles. The van der Waals surface area contributed by atoms with E-state index in [1.54, 1.807) is 0 Å². The Labute approximate surface area is 145 Å². The highest BCUT2D eigenvalue weighted by molar-refractivity contribution is 14.0. The lowest BCUT2D eigenvalue weighted by Crippen LogP contribution is -2.32. The number of nitrogens with one attached hydrogen (secondary N) is 1. The smallest absolute Gasteiger partial charge is 0.188 e. The summed E-state index contributed by atoms with van der Waals surface area (Å²) in [6, 6.07) is 6.15. The van der Waals surface area contributed by atoms with Gasteiger partial charge in [-0.3, -0.25) is 0 Å². The van der Waals surface area contributed by atoms with E-state index in [9.17, 15) is 0 Å². The average Bonchev–Trinajstić information content (AvgIpc) is 2.37. The first-order chi connectivity index (χ1) is 9.52. The van der Waals surface area contributed by atoms with Crippen LogP contribution in [0.1, 0.15) is 38.3 Å². The predicted molar refractivity (Wildman–Crippen MR) is 101 cm³/mol. The summed E-state index contributed by atoms with van der Waals surface area (Å²) >= 11 is 0. The molecule has 0 unspecified atom stereocenters. The van der Waals surface area contributed by atoms with Crippen LogP contribution in [-0.2, 0) is 6.54 Å². The van der Waals surface area contributed by atoms with Crippen molar-refractivity contribution in [2.24, 2.45) is 16.6 Å². The summed E-state index contributed by atoms with van der Waals surface area (Å²) in [5, 5.41) is 3.13. The molecule has 0 heterocycles. The van der Waals surface area contributed by atoms with Gasteiger partial charge in [0.25, 0.3) is 0 Å². The van der Waals surface area contributed by atoms with E-state index in [2.05, 4.69) is 37.1 Å². The minimum absolute atomic E-state index is 0. The Hall–Kier alpha value is -0.980. The first kappa shape index (κ1) is 20.0. The van der Waals surface area contributed by atoms with Gasteiger partial charge in [0.05, 0.1) is 13.2 Å². The Morgan fingerprint density at radius 2 is 2.10 bits per heavy atom. The number of rotatable bonds is 7. The minimum Gasteiger partial charge on any atom is -0.494 e. The quantitative estimate of drug-likeness (QED) is 0.415. The first-order valence-electron chi connectivity index (χ1n) is 7.29. The molecule has 0 aliphatic carbocycles. The molecule has 0 aliphatic heterocycles. The molecule has 1 aromatic rings. The topological polar surface area (TPSA) is 59.6 Å². The molecule has 0 aliphatic rings. The number of hydrogen-bond acceptors (Lipinski definition) is 2. The number of hydrogen-bond donors (Lipinski definition) is 2. The molecule has 4 nitrogen and oxygen atoms in total. The zero-order valence-corrected chi connectivity index (χ0v) is 15.8. The standard InChI is InChI=1S/C16H27N3O.HI/c1-5-20-15-10-13(4)6-7-14(15)11-19-16(17)18-9-8-12(2)3;/h6-7,10,12H,5,8-9,11H2,1-4H3,(H3,17,18,19);1H. The summed E-state index contributed by atoms with van der Waals surface area (Å²) in [7, 11) is 0. The number of aryl methyl sites for hydroxylation is 1. The van der Waals surface area contributed by atoms with Crippen molar-refractivity contribution in [1.82, 2.24) is 5.32 Å².